The van der Waals surface area contributed by atoms with Crippen LogP contribution in [0.4, 0.5) is 0 Å². The number of benzene rings is 2. The highest BCUT2D eigenvalue weighted by Gasteiger charge is 2.13. The molecule has 0 N–H and O–H groups in total. The maximum Gasteiger partial charge on any atom is 0.206 e. The van der Waals surface area contributed by atoms with Crippen LogP contribution in [0.2, 0.25) is 0 Å². The molecule has 1 aromatic rings. The maximum atomic E-state index is 12.0. The summed E-state index contributed by atoms with van der Waals surface area (Å²) in [6.45, 7) is 4.89. The summed E-state index contributed by atoms with van der Waals surface area (Å²) < 4.78 is 2.14. The fraction of sp³-hybridized carbons (Fsp3) is 0.176. The zero-order chi connectivity index (χ0) is 14.1. The zero-order valence-electron chi connectivity index (χ0n) is 11.6. The zero-order valence-corrected chi connectivity index (χ0v) is 11.6. The summed E-state index contributed by atoms with van der Waals surface area (Å²) in [7, 11) is 0. The van der Waals surface area contributed by atoms with Crippen LogP contribution in [0.25, 0.3) is 22.4 Å². The lowest BCUT2D eigenvalue weighted by Gasteiger charge is -2.16. The molecule has 0 aromatic heterocycles. The second kappa shape index (κ2) is 4.93. The molecule has 1 aliphatic heterocycles. The summed E-state index contributed by atoms with van der Waals surface area (Å²) in [5.41, 5.74) is 4.54. The number of fused-ring (bicyclic) bond motifs is 2. The molecule has 0 spiro atoms. The second-order valence-electron chi connectivity index (χ2n) is 5.12. The molecule has 1 aromatic carbocycles. The Morgan fingerprint density at radius 2 is 1.95 bits per heavy atom. The molecule has 3 rings (SSSR count). The lowest BCUT2D eigenvalue weighted by Crippen LogP contribution is -2.14. The Morgan fingerprint density at radius 1 is 1.15 bits per heavy atom. The van der Waals surface area contributed by atoms with Gasteiger partial charge in [-0.05, 0) is 38.1 Å². The van der Waals surface area contributed by atoms with Gasteiger partial charge in [0.25, 0.3) is 0 Å². The molecule has 2 aliphatic rings. The van der Waals surface area contributed by atoms with Gasteiger partial charge in [-0.25, -0.2) is 4.98 Å². The largest absolute Gasteiger partial charge is 0.334 e. The minimum absolute atomic E-state index is 0.0285. The molecule has 1 heterocycles. The molecule has 0 amide bonds. The molecule has 0 atom stereocenters. The molecule has 3 heteroatoms. The van der Waals surface area contributed by atoms with Crippen LogP contribution < -0.4 is 5.43 Å². The van der Waals surface area contributed by atoms with Crippen molar-refractivity contribution in [3.8, 4) is 11.4 Å². The molecule has 1 aliphatic carbocycles. The number of para-hydroxylation sites is 3. The lowest BCUT2D eigenvalue weighted by atomic mass is 10.1. The molecule has 100 valence electrons. The van der Waals surface area contributed by atoms with Crippen molar-refractivity contribution in [1.82, 2.24) is 9.55 Å². The van der Waals surface area contributed by atoms with Crippen LogP contribution in [0.15, 0.2) is 58.9 Å². The third-order valence-corrected chi connectivity index (χ3v) is 3.36. The van der Waals surface area contributed by atoms with E-state index in [1.54, 1.807) is 12.1 Å². The van der Waals surface area contributed by atoms with Gasteiger partial charge in [0.05, 0.1) is 16.7 Å². The predicted molar refractivity (Wildman–Crippen MR) is 82.1 cm³/mol. The Morgan fingerprint density at radius 3 is 2.75 bits per heavy atom. The molecule has 0 unspecified atom stereocenters. The van der Waals surface area contributed by atoms with E-state index < -0.39 is 0 Å². The summed E-state index contributed by atoms with van der Waals surface area (Å²) in [5, 5.41) is 0. The topological polar surface area (TPSA) is 34.9 Å². The van der Waals surface area contributed by atoms with Gasteiger partial charge in [-0.2, -0.15) is 0 Å². The Labute approximate surface area is 117 Å². The van der Waals surface area contributed by atoms with Gasteiger partial charge in [0.2, 0.25) is 5.43 Å². The Kier molecular flexibility index (Phi) is 3.11. The Bertz CT molecular complexity index is 826. The molecular formula is C17H16N2O. The summed E-state index contributed by atoms with van der Waals surface area (Å²) in [6, 6.07) is 13.2. The van der Waals surface area contributed by atoms with Gasteiger partial charge >= 0.3 is 0 Å². The quantitative estimate of drug-likeness (QED) is 0.524. The number of hydrogen-bond donors (Lipinski definition) is 0. The summed E-state index contributed by atoms with van der Waals surface area (Å²) in [4.78, 5) is 16.5. The number of hydrogen-bond acceptors (Lipinski definition) is 2. The molecule has 0 bridgehead atoms. The SMILES string of the molecule is CC(C)=CCn1c2cccc(=O)c-2nc2ccccc21. The van der Waals surface area contributed by atoms with Crippen molar-refractivity contribution in [2.75, 3.05) is 0 Å². The van der Waals surface area contributed by atoms with Crippen molar-refractivity contribution in [3.63, 3.8) is 0 Å². The first kappa shape index (κ1) is 12.6. The average molecular weight is 264 g/mol. The van der Waals surface area contributed by atoms with Crippen LogP contribution >= 0.6 is 0 Å². The van der Waals surface area contributed by atoms with Crippen molar-refractivity contribution in [1.29, 1.82) is 0 Å². The van der Waals surface area contributed by atoms with Crippen LogP contribution in [0, 0.1) is 0 Å². The van der Waals surface area contributed by atoms with Gasteiger partial charge in [-0.1, -0.05) is 29.8 Å². The van der Waals surface area contributed by atoms with E-state index in [2.05, 4.69) is 29.5 Å². The molecule has 3 nitrogen and oxygen atoms in total. The number of aromatic nitrogens is 2. The van der Waals surface area contributed by atoms with Crippen molar-refractivity contribution < 1.29 is 0 Å². The smallest absolute Gasteiger partial charge is 0.206 e. The molecule has 0 fully saturated rings. The lowest BCUT2D eigenvalue weighted by molar-refractivity contribution is 0.844. The number of allylic oxidation sites excluding steroid dienone is 2. The van der Waals surface area contributed by atoms with Gasteiger partial charge in [0, 0.05) is 6.54 Å². The fourth-order valence-corrected chi connectivity index (χ4v) is 2.35. The Balaban J connectivity index is 2.39. The van der Waals surface area contributed by atoms with E-state index in [0.717, 1.165) is 23.3 Å². The van der Waals surface area contributed by atoms with Crippen LogP contribution in [0.5, 0.6) is 0 Å². The van der Waals surface area contributed by atoms with Crippen LogP contribution in [0.3, 0.4) is 0 Å². The monoisotopic (exact) mass is 264 g/mol. The van der Waals surface area contributed by atoms with E-state index in [0.29, 0.717) is 5.69 Å². The van der Waals surface area contributed by atoms with Crippen molar-refractivity contribution in [2.45, 2.75) is 20.4 Å². The molecule has 0 radical (unpaired) electrons. The van der Waals surface area contributed by atoms with Crippen LogP contribution in [-0.4, -0.2) is 9.55 Å². The maximum absolute atomic E-state index is 12.0. The van der Waals surface area contributed by atoms with E-state index in [1.165, 1.54) is 5.57 Å². The third kappa shape index (κ3) is 2.11. The third-order valence-electron chi connectivity index (χ3n) is 3.36. The predicted octanol–water partition coefficient (Wildman–Crippen LogP) is 3.47. The second-order valence-corrected chi connectivity index (χ2v) is 5.12. The molecular weight excluding hydrogens is 248 g/mol. The Hall–Kier alpha value is -2.42. The van der Waals surface area contributed by atoms with Crippen molar-refractivity contribution in [3.05, 3.63) is 64.3 Å². The summed E-state index contributed by atoms with van der Waals surface area (Å²) >= 11 is 0. The van der Waals surface area contributed by atoms with Crippen LogP contribution in [0.1, 0.15) is 13.8 Å². The highest BCUT2D eigenvalue weighted by atomic mass is 16.1. The number of rotatable bonds is 2. The van der Waals surface area contributed by atoms with Gasteiger partial charge in [-0.3, -0.25) is 4.79 Å². The number of nitrogens with zero attached hydrogens (tertiary/aromatic N) is 2. The van der Waals surface area contributed by atoms with E-state index in [4.69, 9.17) is 0 Å². The normalized spacial score (nSPS) is 10.9. The van der Waals surface area contributed by atoms with Gasteiger partial charge in [0.15, 0.2) is 0 Å². The molecule has 0 saturated carbocycles. The summed E-state index contributed by atoms with van der Waals surface area (Å²) in [5.74, 6) is 0. The minimum Gasteiger partial charge on any atom is -0.334 e. The van der Waals surface area contributed by atoms with E-state index in [9.17, 15) is 4.79 Å². The fourth-order valence-electron chi connectivity index (χ4n) is 2.35. The molecule has 20 heavy (non-hydrogen) atoms. The van der Waals surface area contributed by atoms with Gasteiger partial charge < -0.3 is 4.57 Å². The molecule has 0 saturated heterocycles. The highest BCUT2D eigenvalue weighted by Crippen LogP contribution is 2.22. The minimum atomic E-state index is -0.0285. The van der Waals surface area contributed by atoms with E-state index in [-0.39, 0.29) is 5.43 Å². The highest BCUT2D eigenvalue weighted by molar-refractivity contribution is 5.80. The first-order chi connectivity index (χ1) is 9.66. The van der Waals surface area contributed by atoms with E-state index in [1.807, 2.05) is 30.3 Å². The van der Waals surface area contributed by atoms with E-state index >= 15 is 0 Å². The van der Waals surface area contributed by atoms with Crippen molar-refractivity contribution in [2.24, 2.45) is 0 Å². The standard InChI is InChI=1S/C17H16N2O/c1-12(2)10-11-19-14-7-4-3-6-13(14)18-17-15(19)8-5-9-16(17)20/h3-10H,11H2,1-2H3. The van der Waals surface area contributed by atoms with Crippen molar-refractivity contribution >= 4 is 11.0 Å². The van der Waals surface area contributed by atoms with Gasteiger partial charge in [-0.15, -0.1) is 0 Å². The van der Waals surface area contributed by atoms with Gasteiger partial charge in [0.1, 0.15) is 5.69 Å². The first-order valence-electron chi connectivity index (χ1n) is 6.68. The first-order valence-corrected chi connectivity index (χ1v) is 6.68. The van der Waals surface area contributed by atoms with Crippen LogP contribution in [-0.2, 0) is 6.54 Å². The summed E-state index contributed by atoms with van der Waals surface area (Å²) in [6.07, 6.45) is 2.16. The average Bonchev–Trinajstić information content (AvgIpc) is 2.44.